The number of carbonyl (C=O) groups excluding carboxylic acids is 1. The van der Waals surface area contributed by atoms with Crippen LogP contribution < -0.4 is 0 Å². The van der Waals surface area contributed by atoms with Crippen molar-refractivity contribution in [1.29, 1.82) is 0 Å². The van der Waals surface area contributed by atoms with Gasteiger partial charge >= 0.3 is 0 Å². The number of benzene rings is 1. The van der Waals surface area contributed by atoms with Crippen LogP contribution in [-0.4, -0.2) is 32.3 Å². The quantitative estimate of drug-likeness (QED) is 0.686. The Morgan fingerprint density at radius 3 is 2.52 bits per heavy atom. The number of hydrogen-bond acceptors (Lipinski definition) is 3. The van der Waals surface area contributed by atoms with E-state index in [-0.39, 0.29) is 25.9 Å². The van der Waals surface area contributed by atoms with Crippen molar-refractivity contribution in [2.75, 3.05) is 13.1 Å². The summed E-state index contributed by atoms with van der Waals surface area (Å²) in [4.78, 5) is 14.0. The molecule has 0 aromatic heterocycles. The highest BCUT2D eigenvalue weighted by Gasteiger charge is 2.28. The Hall–Kier alpha value is -0.300. The number of nitrogens with zero attached hydrogens (tertiary/aromatic N) is 1. The van der Waals surface area contributed by atoms with Crippen LogP contribution in [0.3, 0.4) is 0 Å². The van der Waals surface area contributed by atoms with Gasteiger partial charge in [-0.2, -0.15) is 0 Å². The summed E-state index contributed by atoms with van der Waals surface area (Å²) in [7, 11) is 1.39. The van der Waals surface area contributed by atoms with E-state index < -0.39 is 9.05 Å². The summed E-state index contributed by atoms with van der Waals surface area (Å²) in [5.74, 6) is 0.316. The Bertz CT molecular complexity index is 674. The van der Waals surface area contributed by atoms with E-state index in [1.54, 1.807) is 4.90 Å². The fourth-order valence-electron chi connectivity index (χ4n) is 2.02. The molecule has 0 radical (unpaired) electrons. The minimum absolute atomic E-state index is 0.141. The number of rotatable bonds is 5. The Morgan fingerprint density at radius 2 is 2.05 bits per heavy atom. The Labute approximate surface area is 142 Å². The molecule has 21 heavy (non-hydrogen) atoms. The van der Waals surface area contributed by atoms with Gasteiger partial charge in [0, 0.05) is 29.3 Å². The molecule has 0 bridgehead atoms. The van der Waals surface area contributed by atoms with Crippen LogP contribution in [0.5, 0.6) is 0 Å². The Balaban J connectivity index is 2.38. The SMILES string of the molecule is CCN(CC1CC1)C(=O)c1cc(Cl)c(Br)c(S(=O)(=O)Cl)c1. The average molecular weight is 415 g/mol. The van der Waals surface area contributed by atoms with Crippen molar-refractivity contribution in [3.05, 3.63) is 27.2 Å². The minimum atomic E-state index is -3.98. The monoisotopic (exact) mass is 413 g/mol. The summed E-state index contributed by atoms with van der Waals surface area (Å²) in [6, 6.07) is 2.71. The second kappa shape index (κ2) is 6.44. The molecule has 0 spiro atoms. The number of hydrogen-bond donors (Lipinski definition) is 0. The van der Waals surface area contributed by atoms with E-state index in [0.717, 1.165) is 12.8 Å². The maximum Gasteiger partial charge on any atom is 0.262 e. The molecule has 0 saturated heterocycles. The first-order valence-electron chi connectivity index (χ1n) is 6.47. The lowest BCUT2D eigenvalue weighted by Crippen LogP contribution is -2.32. The predicted molar refractivity (Wildman–Crippen MR) is 86.5 cm³/mol. The van der Waals surface area contributed by atoms with E-state index in [4.69, 9.17) is 22.3 Å². The topological polar surface area (TPSA) is 54.5 Å². The second-order valence-electron chi connectivity index (χ2n) is 5.00. The normalized spacial score (nSPS) is 15.0. The molecule has 0 heterocycles. The van der Waals surface area contributed by atoms with Crippen LogP contribution >= 0.6 is 38.2 Å². The maximum atomic E-state index is 12.5. The molecular formula is C13H14BrCl2NO3S. The molecule has 1 saturated carbocycles. The molecule has 1 fully saturated rings. The summed E-state index contributed by atoms with van der Waals surface area (Å²) in [6.07, 6.45) is 2.26. The van der Waals surface area contributed by atoms with E-state index in [1.165, 1.54) is 12.1 Å². The van der Waals surface area contributed by atoms with Crippen LogP contribution in [0.15, 0.2) is 21.5 Å². The highest BCUT2D eigenvalue weighted by Crippen LogP contribution is 2.34. The number of carbonyl (C=O) groups is 1. The fraction of sp³-hybridized carbons (Fsp3) is 0.462. The van der Waals surface area contributed by atoms with Gasteiger partial charge in [0.1, 0.15) is 0 Å². The molecule has 1 aliphatic carbocycles. The maximum absolute atomic E-state index is 12.5. The molecule has 1 aliphatic rings. The Morgan fingerprint density at radius 1 is 1.43 bits per heavy atom. The molecule has 1 aromatic rings. The first kappa shape index (κ1) is 17.1. The molecular weight excluding hydrogens is 401 g/mol. The minimum Gasteiger partial charge on any atom is -0.339 e. The third-order valence-electron chi connectivity index (χ3n) is 3.35. The van der Waals surface area contributed by atoms with E-state index >= 15 is 0 Å². The zero-order valence-electron chi connectivity index (χ0n) is 11.3. The van der Waals surface area contributed by atoms with Crippen LogP contribution in [-0.2, 0) is 9.05 Å². The van der Waals surface area contributed by atoms with Gasteiger partial charge < -0.3 is 4.90 Å². The van der Waals surface area contributed by atoms with Gasteiger partial charge in [-0.25, -0.2) is 8.42 Å². The lowest BCUT2D eigenvalue weighted by atomic mass is 10.2. The first-order chi connectivity index (χ1) is 9.74. The van der Waals surface area contributed by atoms with Gasteiger partial charge in [0.05, 0.1) is 14.4 Å². The fourth-order valence-corrected chi connectivity index (χ4v) is 4.40. The third kappa shape index (κ3) is 4.12. The molecule has 2 rings (SSSR count). The molecule has 0 unspecified atom stereocenters. The molecule has 0 atom stereocenters. The van der Waals surface area contributed by atoms with Crippen molar-refractivity contribution in [3.8, 4) is 0 Å². The van der Waals surface area contributed by atoms with Crippen molar-refractivity contribution in [2.45, 2.75) is 24.7 Å². The molecule has 4 nitrogen and oxygen atoms in total. The third-order valence-corrected chi connectivity index (χ3v) is 6.34. The van der Waals surface area contributed by atoms with Crippen molar-refractivity contribution in [3.63, 3.8) is 0 Å². The first-order valence-corrected chi connectivity index (χ1v) is 9.95. The van der Waals surface area contributed by atoms with Gasteiger partial charge in [-0.3, -0.25) is 4.79 Å². The van der Waals surface area contributed by atoms with Gasteiger partial charge in [0.25, 0.3) is 15.0 Å². The van der Waals surface area contributed by atoms with Crippen molar-refractivity contribution in [2.24, 2.45) is 5.92 Å². The average Bonchev–Trinajstić information content (AvgIpc) is 3.20. The molecule has 116 valence electrons. The summed E-state index contributed by atoms with van der Waals surface area (Å²) in [5, 5.41) is 0.141. The Kier molecular flexibility index (Phi) is 5.23. The number of amides is 1. The van der Waals surface area contributed by atoms with Gasteiger partial charge in [0.2, 0.25) is 0 Å². The standard InChI is InChI=1S/C13H14BrCl2NO3S/c1-2-17(7-8-3-4-8)13(18)9-5-10(15)12(14)11(6-9)21(16,19)20/h5-6,8H,2-4,7H2,1H3. The predicted octanol–water partition coefficient (Wildman–Crippen LogP) is 3.90. The molecule has 1 amide bonds. The highest BCUT2D eigenvalue weighted by molar-refractivity contribution is 9.10. The largest absolute Gasteiger partial charge is 0.339 e. The second-order valence-corrected chi connectivity index (χ2v) is 8.73. The van der Waals surface area contributed by atoms with Crippen LogP contribution in [0, 0.1) is 5.92 Å². The van der Waals surface area contributed by atoms with Crippen LogP contribution in [0.2, 0.25) is 5.02 Å². The van der Waals surface area contributed by atoms with Gasteiger partial charge in [-0.05, 0) is 53.7 Å². The van der Waals surface area contributed by atoms with Crippen molar-refractivity contribution >= 4 is 53.2 Å². The lowest BCUT2D eigenvalue weighted by Gasteiger charge is -2.21. The molecule has 8 heteroatoms. The van der Waals surface area contributed by atoms with Gasteiger partial charge in [-0.15, -0.1) is 0 Å². The highest BCUT2D eigenvalue weighted by atomic mass is 79.9. The molecule has 0 aliphatic heterocycles. The van der Waals surface area contributed by atoms with Gasteiger partial charge in [-0.1, -0.05) is 11.6 Å². The number of halogens is 3. The zero-order valence-corrected chi connectivity index (χ0v) is 15.2. The molecule has 0 N–H and O–H groups in total. The van der Waals surface area contributed by atoms with Crippen molar-refractivity contribution < 1.29 is 13.2 Å². The van der Waals surface area contributed by atoms with E-state index in [1.807, 2.05) is 6.92 Å². The summed E-state index contributed by atoms with van der Waals surface area (Å²) < 4.78 is 23.3. The smallest absolute Gasteiger partial charge is 0.262 e. The summed E-state index contributed by atoms with van der Waals surface area (Å²) in [5.41, 5.74) is 0.227. The lowest BCUT2D eigenvalue weighted by molar-refractivity contribution is 0.0756. The van der Waals surface area contributed by atoms with Crippen LogP contribution in [0.25, 0.3) is 0 Å². The van der Waals surface area contributed by atoms with E-state index in [2.05, 4.69) is 15.9 Å². The molecule has 1 aromatic carbocycles. The zero-order chi connectivity index (χ0) is 15.8. The van der Waals surface area contributed by atoms with E-state index in [0.29, 0.717) is 19.0 Å². The van der Waals surface area contributed by atoms with E-state index in [9.17, 15) is 13.2 Å². The van der Waals surface area contributed by atoms with Gasteiger partial charge in [0.15, 0.2) is 0 Å². The van der Waals surface area contributed by atoms with Crippen LogP contribution in [0.1, 0.15) is 30.1 Å². The van der Waals surface area contributed by atoms with Crippen LogP contribution in [0.4, 0.5) is 0 Å². The summed E-state index contributed by atoms with van der Waals surface area (Å²) >= 11 is 9.08. The summed E-state index contributed by atoms with van der Waals surface area (Å²) in [6.45, 7) is 3.14. The van der Waals surface area contributed by atoms with Crippen molar-refractivity contribution in [1.82, 2.24) is 4.90 Å².